The quantitative estimate of drug-likeness (QED) is 0.224. The first-order chi connectivity index (χ1) is 22.1. The van der Waals surface area contributed by atoms with Crippen LogP contribution in [-0.4, -0.2) is 94.0 Å². The molecule has 13 nitrogen and oxygen atoms in total. The van der Waals surface area contributed by atoms with Crippen LogP contribution in [0.1, 0.15) is 37.0 Å². The molecule has 1 fully saturated rings. The van der Waals surface area contributed by atoms with Gasteiger partial charge in [0.1, 0.15) is 28.6 Å². The van der Waals surface area contributed by atoms with E-state index in [2.05, 4.69) is 18.7 Å². The molecule has 0 aliphatic heterocycles. The monoisotopic (exact) mass is 644 g/mol. The number of ketones is 2. The fourth-order valence-corrected chi connectivity index (χ4v) is 7.85. The number of nitriles is 1. The molecule has 2 aromatic rings. The molecular formula is C34H40N6O7. The summed E-state index contributed by atoms with van der Waals surface area (Å²) in [5, 5.41) is 44.9. The van der Waals surface area contributed by atoms with Crippen molar-refractivity contribution in [3.05, 3.63) is 63.9 Å². The number of ether oxygens (including phenoxy) is 1. The van der Waals surface area contributed by atoms with Gasteiger partial charge in [-0.2, -0.15) is 5.26 Å². The predicted molar refractivity (Wildman–Crippen MR) is 173 cm³/mol. The Kier molecular flexibility index (Phi) is 8.23. The molecule has 0 saturated heterocycles. The van der Waals surface area contributed by atoms with Crippen molar-refractivity contribution in [3.8, 4) is 28.7 Å². The number of nitrogens with zero attached hydrogens (tertiary/aromatic N) is 3. The average Bonchev–Trinajstić information content (AvgIpc) is 2.99. The number of methoxy groups -OCH3 is 1. The van der Waals surface area contributed by atoms with Gasteiger partial charge in [-0.1, -0.05) is 26.0 Å². The van der Waals surface area contributed by atoms with E-state index in [1.54, 1.807) is 12.1 Å². The van der Waals surface area contributed by atoms with Gasteiger partial charge >= 0.3 is 0 Å². The van der Waals surface area contributed by atoms with E-state index in [9.17, 15) is 35.0 Å². The molecule has 0 unspecified atom stereocenters. The van der Waals surface area contributed by atoms with Crippen LogP contribution in [0, 0.1) is 16.7 Å². The maximum atomic E-state index is 14.6. The van der Waals surface area contributed by atoms with Gasteiger partial charge in [0.25, 0.3) is 5.91 Å². The van der Waals surface area contributed by atoms with E-state index in [-0.39, 0.29) is 17.7 Å². The fourth-order valence-electron chi connectivity index (χ4n) is 7.85. The Bertz CT molecular complexity index is 1820. The van der Waals surface area contributed by atoms with Gasteiger partial charge in [0.2, 0.25) is 0 Å². The van der Waals surface area contributed by atoms with E-state index in [4.69, 9.17) is 21.9 Å². The van der Waals surface area contributed by atoms with Crippen molar-refractivity contribution >= 4 is 23.2 Å². The van der Waals surface area contributed by atoms with Crippen LogP contribution < -0.4 is 21.9 Å². The highest BCUT2D eigenvalue weighted by Crippen LogP contribution is 2.59. The van der Waals surface area contributed by atoms with E-state index < -0.39 is 69.1 Å². The highest BCUT2D eigenvalue weighted by Gasteiger charge is 2.74. The summed E-state index contributed by atoms with van der Waals surface area (Å²) in [7, 11) is 4.47. The number of primary amides is 1. The van der Waals surface area contributed by atoms with E-state index in [1.165, 1.54) is 32.2 Å². The Morgan fingerprint density at radius 3 is 2.30 bits per heavy atom. The van der Waals surface area contributed by atoms with Gasteiger partial charge in [-0.25, -0.2) is 0 Å². The van der Waals surface area contributed by atoms with Crippen LogP contribution >= 0.6 is 0 Å². The Balaban J connectivity index is 1.81. The number of hydrogen-bond donors (Lipinski definition) is 6. The van der Waals surface area contributed by atoms with E-state index in [0.29, 0.717) is 29.0 Å². The maximum Gasteiger partial charge on any atom is 0.255 e. The largest absolute Gasteiger partial charge is 0.509 e. The van der Waals surface area contributed by atoms with E-state index >= 15 is 0 Å². The van der Waals surface area contributed by atoms with Crippen LogP contribution in [0.15, 0.2) is 47.2 Å². The molecule has 1 amide bonds. The van der Waals surface area contributed by atoms with E-state index in [0.717, 1.165) is 18.7 Å². The molecule has 1 saturated carbocycles. The van der Waals surface area contributed by atoms with Gasteiger partial charge < -0.3 is 37.3 Å². The molecule has 3 aliphatic rings. The second kappa shape index (κ2) is 11.5. The summed E-state index contributed by atoms with van der Waals surface area (Å²) in [6.07, 6.45) is -0.625. The lowest BCUT2D eigenvalue weighted by atomic mass is 9.47. The number of aliphatic hydroxyl groups excluding tert-OH is 2. The Hall–Kier alpha value is -4.74. The van der Waals surface area contributed by atoms with Gasteiger partial charge in [0.05, 0.1) is 41.4 Å². The molecule has 0 spiro atoms. The second-order valence-electron chi connectivity index (χ2n) is 12.8. The number of benzene rings is 2. The van der Waals surface area contributed by atoms with Crippen LogP contribution in [0.25, 0.3) is 16.9 Å². The molecule has 0 bridgehead atoms. The topological polar surface area (TPSA) is 229 Å². The lowest BCUT2D eigenvalue weighted by Gasteiger charge is -2.58. The van der Waals surface area contributed by atoms with Gasteiger partial charge in [-0.3, -0.25) is 24.2 Å². The summed E-state index contributed by atoms with van der Waals surface area (Å²) in [5.41, 5.74) is 13.9. The highest BCUT2D eigenvalue weighted by atomic mass is 16.5. The molecule has 4 atom stereocenters. The number of carbonyl (C=O) groups excluding carboxylic acids is 3. The van der Waals surface area contributed by atoms with Gasteiger partial charge in [-0.05, 0) is 74.9 Å². The molecule has 5 rings (SSSR count). The Morgan fingerprint density at radius 1 is 1.09 bits per heavy atom. The number of aliphatic hydroxyl groups is 2. The van der Waals surface area contributed by atoms with Gasteiger partial charge in [-0.15, -0.1) is 0 Å². The number of carbonyl (C=O) groups is 3. The smallest absolute Gasteiger partial charge is 0.255 e. The molecule has 2 aromatic carbocycles. The number of rotatable bonds is 8. The summed E-state index contributed by atoms with van der Waals surface area (Å²) in [4.78, 5) is 44.3. The first kappa shape index (κ1) is 33.6. The molecule has 3 aliphatic carbocycles. The molecule has 0 heterocycles. The first-order valence-corrected chi connectivity index (χ1v) is 15.2. The molecular weight excluding hydrogens is 604 g/mol. The third kappa shape index (κ3) is 4.55. The molecule has 0 aromatic heterocycles. The number of phenolic OH excluding ortho intramolecular Hbond substituents is 1. The minimum absolute atomic E-state index is 0.0876. The minimum atomic E-state index is -2.72. The average molecular weight is 645 g/mol. The number of likely N-dealkylation sites (N-methyl/N-ethyl adjacent to an activating group) is 1. The van der Waals surface area contributed by atoms with Crippen LogP contribution in [-0.2, 0) is 27.3 Å². The van der Waals surface area contributed by atoms with Crippen molar-refractivity contribution in [1.29, 1.82) is 5.26 Å². The molecule has 9 N–H and O–H groups in total. The van der Waals surface area contributed by atoms with Crippen molar-refractivity contribution in [2.45, 2.75) is 50.4 Å². The Morgan fingerprint density at radius 2 is 1.74 bits per heavy atom. The van der Waals surface area contributed by atoms with Crippen molar-refractivity contribution in [1.82, 2.24) is 9.80 Å². The van der Waals surface area contributed by atoms with Crippen molar-refractivity contribution in [3.63, 3.8) is 0 Å². The predicted octanol–water partition coefficient (Wildman–Crippen LogP) is 1.42. The third-order valence-corrected chi connectivity index (χ3v) is 9.99. The van der Waals surface area contributed by atoms with Gasteiger partial charge in [0.15, 0.2) is 17.0 Å². The Labute approximate surface area is 272 Å². The number of aromatic hydroxyl groups is 1. The molecule has 47 heavy (non-hydrogen) atoms. The summed E-state index contributed by atoms with van der Waals surface area (Å²) in [6, 6.07) is 9.07. The fraction of sp³-hybridized carbons (Fsp3) is 0.412. The summed E-state index contributed by atoms with van der Waals surface area (Å²) in [6.45, 7) is 6.47. The number of hydrogen-bond acceptors (Lipinski definition) is 12. The lowest BCUT2D eigenvalue weighted by molar-refractivity contribution is -0.139. The standard InChI is InChI=1S/C34H40N6O7/c1-6-40(7-2)14-17-8-11-22(47-5)19(12-17)18-9-10-21(41)23-20(18)13-32(37)15-34(38)28(39(3)4)27(43)24(31(36)46)29(44)33(34,16-35)30(45)25(32)26(23)42/h8-12,28,41-42,44H,6-7,13-15,37-38H2,1-5H3,(H2,36,46)/t28-,32-,33+,34-/m1/s1. The summed E-state index contributed by atoms with van der Waals surface area (Å²) < 4.78 is 5.71. The van der Waals surface area contributed by atoms with Gasteiger partial charge in [0, 0.05) is 12.1 Å². The zero-order chi connectivity index (χ0) is 34.8. The van der Waals surface area contributed by atoms with Crippen LogP contribution in [0.5, 0.6) is 11.5 Å². The van der Waals surface area contributed by atoms with Crippen LogP contribution in [0.3, 0.4) is 0 Å². The summed E-state index contributed by atoms with van der Waals surface area (Å²) in [5.74, 6) is -5.26. The van der Waals surface area contributed by atoms with Crippen molar-refractivity contribution in [2.75, 3.05) is 34.3 Å². The minimum Gasteiger partial charge on any atom is -0.509 e. The van der Waals surface area contributed by atoms with Crippen LogP contribution in [0.4, 0.5) is 0 Å². The zero-order valence-electron chi connectivity index (χ0n) is 27.0. The SMILES string of the molecule is CCN(CC)Cc1ccc(OC)c(-c2ccc(O)c3c2C[C@@]2(N)C[C@@]4(N)[C@H](N(C)C)C(=O)C(C(N)=O)=C(O)[C@@]4(C#N)C(=O)C2=C3O)c1. The maximum absolute atomic E-state index is 14.6. The summed E-state index contributed by atoms with van der Waals surface area (Å²) >= 11 is 0. The van der Waals surface area contributed by atoms with Crippen LogP contribution in [0.2, 0.25) is 0 Å². The van der Waals surface area contributed by atoms with Crippen molar-refractivity contribution in [2.24, 2.45) is 22.6 Å². The number of Topliss-reactive ketones (excluding diaryl/α,β-unsaturated/α-hetero) is 2. The lowest BCUT2D eigenvalue weighted by Crippen LogP contribution is -2.80. The number of fused-ring (bicyclic) bond motifs is 3. The normalized spacial score (nSPS) is 27.0. The highest BCUT2D eigenvalue weighted by molar-refractivity contribution is 6.25. The second-order valence-corrected chi connectivity index (χ2v) is 12.8. The number of amides is 1. The number of nitrogens with two attached hydrogens (primary N) is 3. The zero-order valence-corrected chi connectivity index (χ0v) is 27.0. The molecule has 13 heteroatoms. The van der Waals surface area contributed by atoms with Crippen molar-refractivity contribution < 1.29 is 34.4 Å². The first-order valence-electron chi connectivity index (χ1n) is 15.2. The van der Waals surface area contributed by atoms with E-state index in [1.807, 2.05) is 18.2 Å². The molecule has 248 valence electrons. The third-order valence-electron chi connectivity index (χ3n) is 9.99. The number of phenols is 1. The molecule has 0 radical (unpaired) electrons.